The van der Waals surface area contributed by atoms with E-state index >= 15 is 0 Å². The van der Waals surface area contributed by atoms with Gasteiger partial charge in [0, 0.05) is 24.1 Å². The molecule has 3 heteroatoms. The summed E-state index contributed by atoms with van der Waals surface area (Å²) in [5, 5.41) is 7.45. The van der Waals surface area contributed by atoms with E-state index in [9.17, 15) is 0 Å². The minimum absolute atomic E-state index is 0.123. The van der Waals surface area contributed by atoms with Gasteiger partial charge in [-0.05, 0) is 27.7 Å². The summed E-state index contributed by atoms with van der Waals surface area (Å²) >= 11 is 0. The van der Waals surface area contributed by atoms with Crippen LogP contribution in [0.1, 0.15) is 44.7 Å². The number of hydrogen-bond donors (Lipinski definition) is 1. The first-order chi connectivity index (χ1) is 6.44. The fourth-order valence-corrected chi connectivity index (χ4v) is 1.25. The van der Waals surface area contributed by atoms with Crippen LogP contribution in [0.25, 0.3) is 0 Å². The van der Waals surface area contributed by atoms with Gasteiger partial charge in [0.25, 0.3) is 0 Å². The van der Waals surface area contributed by atoms with Crippen molar-refractivity contribution < 1.29 is 4.52 Å². The maximum Gasteiger partial charge on any atom is 0.139 e. The second kappa shape index (κ2) is 4.13. The molecule has 1 N–H and O–H groups in total. The molecule has 0 saturated heterocycles. The third-order valence-corrected chi connectivity index (χ3v) is 2.22. The summed E-state index contributed by atoms with van der Waals surface area (Å²) in [4.78, 5) is 0. The summed E-state index contributed by atoms with van der Waals surface area (Å²) in [6.45, 7) is 11.3. The Kier molecular flexibility index (Phi) is 3.32. The first-order valence-corrected chi connectivity index (χ1v) is 5.13. The first-order valence-electron chi connectivity index (χ1n) is 5.13. The molecule has 1 aromatic rings. The Hall–Kier alpha value is -0.830. The summed E-state index contributed by atoms with van der Waals surface area (Å²) in [5.41, 5.74) is 2.33. The second-order valence-electron chi connectivity index (χ2n) is 4.63. The van der Waals surface area contributed by atoms with Gasteiger partial charge in [-0.1, -0.05) is 12.1 Å². The number of aryl methyl sites for hydroxylation is 1. The zero-order chi connectivity index (χ0) is 10.8. The Morgan fingerprint density at radius 3 is 2.43 bits per heavy atom. The van der Waals surface area contributed by atoms with E-state index in [0.717, 1.165) is 24.4 Å². The van der Waals surface area contributed by atoms with Crippen LogP contribution in [0.3, 0.4) is 0 Å². The normalized spacial score (nSPS) is 12.1. The molecule has 0 aliphatic carbocycles. The molecule has 14 heavy (non-hydrogen) atoms. The van der Waals surface area contributed by atoms with Crippen molar-refractivity contribution in [2.75, 3.05) is 0 Å². The van der Waals surface area contributed by atoms with Crippen molar-refractivity contribution in [3.8, 4) is 0 Å². The number of nitrogens with zero attached hydrogens (tertiary/aromatic N) is 1. The van der Waals surface area contributed by atoms with E-state index in [2.05, 4.69) is 45.1 Å². The predicted molar refractivity (Wildman–Crippen MR) is 57.2 cm³/mol. The van der Waals surface area contributed by atoms with Gasteiger partial charge in [0.1, 0.15) is 11.5 Å². The highest BCUT2D eigenvalue weighted by atomic mass is 16.5. The van der Waals surface area contributed by atoms with Crippen molar-refractivity contribution in [1.82, 2.24) is 10.5 Å². The van der Waals surface area contributed by atoms with Crippen LogP contribution in [0.5, 0.6) is 0 Å². The van der Waals surface area contributed by atoms with Crippen LogP contribution >= 0.6 is 0 Å². The quantitative estimate of drug-likeness (QED) is 0.807. The molecule has 0 aromatic carbocycles. The molecule has 0 amide bonds. The summed E-state index contributed by atoms with van der Waals surface area (Å²) in [6, 6.07) is 0. The Morgan fingerprint density at radius 2 is 2.00 bits per heavy atom. The average Bonchev–Trinajstić information content (AvgIpc) is 2.42. The van der Waals surface area contributed by atoms with E-state index in [1.807, 2.05) is 0 Å². The van der Waals surface area contributed by atoms with E-state index in [1.54, 1.807) is 0 Å². The molecule has 0 aliphatic heterocycles. The molecule has 0 fully saturated rings. The molecule has 0 saturated carbocycles. The molecule has 3 nitrogen and oxygen atoms in total. The molecule has 1 rings (SSSR count). The molecular formula is C11H20N2O. The topological polar surface area (TPSA) is 38.1 Å². The lowest BCUT2D eigenvalue weighted by Crippen LogP contribution is -2.35. The van der Waals surface area contributed by atoms with Crippen molar-refractivity contribution in [1.29, 1.82) is 0 Å². The SMILES string of the molecule is CCc1onc(CNC(C)(C)C)c1C. The predicted octanol–water partition coefficient (Wildman–Crippen LogP) is 2.43. The lowest BCUT2D eigenvalue weighted by molar-refractivity contribution is 0.367. The lowest BCUT2D eigenvalue weighted by Gasteiger charge is -2.19. The zero-order valence-corrected chi connectivity index (χ0v) is 9.77. The third-order valence-electron chi connectivity index (χ3n) is 2.22. The fourth-order valence-electron chi connectivity index (χ4n) is 1.25. The van der Waals surface area contributed by atoms with Gasteiger partial charge in [-0.25, -0.2) is 0 Å². The largest absolute Gasteiger partial charge is 0.361 e. The molecular weight excluding hydrogens is 176 g/mol. The van der Waals surface area contributed by atoms with E-state index in [0.29, 0.717) is 0 Å². The minimum Gasteiger partial charge on any atom is -0.361 e. The Labute approximate surface area is 85.9 Å². The van der Waals surface area contributed by atoms with Gasteiger partial charge in [0.2, 0.25) is 0 Å². The standard InChI is InChI=1S/C11H20N2O/c1-6-10-8(2)9(13-14-10)7-12-11(3,4)5/h12H,6-7H2,1-5H3. The maximum absolute atomic E-state index is 5.22. The second-order valence-corrected chi connectivity index (χ2v) is 4.63. The monoisotopic (exact) mass is 196 g/mol. The number of hydrogen-bond acceptors (Lipinski definition) is 3. The van der Waals surface area contributed by atoms with Crippen LogP contribution < -0.4 is 5.32 Å². The fraction of sp³-hybridized carbons (Fsp3) is 0.727. The molecule has 0 bridgehead atoms. The van der Waals surface area contributed by atoms with Crippen LogP contribution in [0, 0.1) is 6.92 Å². The van der Waals surface area contributed by atoms with E-state index < -0.39 is 0 Å². The number of aromatic nitrogens is 1. The van der Waals surface area contributed by atoms with Gasteiger partial charge in [-0.2, -0.15) is 0 Å². The molecule has 1 aromatic heterocycles. The highest BCUT2D eigenvalue weighted by molar-refractivity contribution is 5.20. The molecule has 0 unspecified atom stereocenters. The third kappa shape index (κ3) is 2.84. The lowest BCUT2D eigenvalue weighted by atomic mass is 10.1. The maximum atomic E-state index is 5.22. The Morgan fingerprint density at radius 1 is 1.36 bits per heavy atom. The average molecular weight is 196 g/mol. The smallest absolute Gasteiger partial charge is 0.139 e. The number of rotatable bonds is 3. The van der Waals surface area contributed by atoms with Crippen LogP contribution in [-0.2, 0) is 13.0 Å². The van der Waals surface area contributed by atoms with Gasteiger partial charge in [-0.3, -0.25) is 0 Å². The van der Waals surface area contributed by atoms with E-state index in [-0.39, 0.29) is 5.54 Å². The molecule has 0 radical (unpaired) electrons. The van der Waals surface area contributed by atoms with Crippen LogP contribution in [0.15, 0.2) is 4.52 Å². The first kappa shape index (κ1) is 11.2. The highest BCUT2D eigenvalue weighted by Crippen LogP contribution is 2.14. The molecule has 0 spiro atoms. The van der Waals surface area contributed by atoms with Gasteiger partial charge >= 0.3 is 0 Å². The van der Waals surface area contributed by atoms with Gasteiger partial charge < -0.3 is 9.84 Å². The van der Waals surface area contributed by atoms with Crippen molar-refractivity contribution in [2.24, 2.45) is 0 Å². The van der Waals surface area contributed by atoms with Crippen LogP contribution in [-0.4, -0.2) is 10.7 Å². The van der Waals surface area contributed by atoms with Gasteiger partial charge in [0.05, 0.1) is 0 Å². The van der Waals surface area contributed by atoms with Crippen LogP contribution in [0.2, 0.25) is 0 Å². The van der Waals surface area contributed by atoms with Crippen molar-refractivity contribution in [2.45, 2.75) is 53.1 Å². The van der Waals surface area contributed by atoms with Gasteiger partial charge in [-0.15, -0.1) is 0 Å². The van der Waals surface area contributed by atoms with Crippen molar-refractivity contribution in [3.05, 3.63) is 17.0 Å². The highest BCUT2D eigenvalue weighted by Gasteiger charge is 2.13. The molecule has 1 heterocycles. The zero-order valence-electron chi connectivity index (χ0n) is 9.77. The molecule has 80 valence electrons. The summed E-state index contributed by atoms with van der Waals surface area (Å²) in [5.74, 6) is 0.996. The van der Waals surface area contributed by atoms with Gasteiger partial charge in [0.15, 0.2) is 0 Å². The van der Waals surface area contributed by atoms with E-state index in [4.69, 9.17) is 4.52 Å². The van der Waals surface area contributed by atoms with E-state index in [1.165, 1.54) is 5.56 Å². The molecule has 0 atom stereocenters. The van der Waals surface area contributed by atoms with Crippen molar-refractivity contribution in [3.63, 3.8) is 0 Å². The minimum atomic E-state index is 0.123. The van der Waals surface area contributed by atoms with Crippen molar-refractivity contribution >= 4 is 0 Å². The Bertz CT molecular complexity index is 297. The summed E-state index contributed by atoms with van der Waals surface area (Å²) in [7, 11) is 0. The van der Waals surface area contributed by atoms with Crippen LogP contribution in [0.4, 0.5) is 0 Å². The Balaban J connectivity index is 2.64. The summed E-state index contributed by atoms with van der Waals surface area (Å²) < 4.78 is 5.22. The number of nitrogens with one attached hydrogen (secondary N) is 1. The molecule has 0 aliphatic rings. The summed E-state index contributed by atoms with van der Waals surface area (Å²) in [6.07, 6.45) is 0.911.